The Balaban J connectivity index is 1.35. The first kappa shape index (κ1) is 18.8. The zero-order valence-corrected chi connectivity index (χ0v) is 19.0. The predicted molar refractivity (Wildman–Crippen MR) is 137 cm³/mol. The maximum atomic E-state index is 2.70. The fourth-order valence-corrected chi connectivity index (χ4v) is 7.72. The number of benzene rings is 2. The van der Waals surface area contributed by atoms with Gasteiger partial charge in [0.05, 0.1) is 5.52 Å². The van der Waals surface area contributed by atoms with Crippen LogP contribution >= 0.6 is 11.8 Å². The Hall–Kier alpha value is -2.71. The van der Waals surface area contributed by atoms with Gasteiger partial charge in [0, 0.05) is 33.2 Å². The smallest absolute Gasteiger partial charge is 0.0502 e. The van der Waals surface area contributed by atoms with Gasteiger partial charge in [0.1, 0.15) is 0 Å². The molecule has 0 bridgehead atoms. The maximum absolute atomic E-state index is 2.70. The van der Waals surface area contributed by atoms with Crippen molar-refractivity contribution in [3.8, 4) is 0 Å². The Morgan fingerprint density at radius 3 is 2.72 bits per heavy atom. The summed E-state index contributed by atoms with van der Waals surface area (Å²) >= 11 is 2.09. The molecule has 7 rings (SSSR count). The zero-order chi connectivity index (χ0) is 21.1. The number of aryl methyl sites for hydroxylation is 1. The molecular weight excluding hydrogens is 406 g/mol. The van der Waals surface area contributed by atoms with Crippen molar-refractivity contribution in [3.05, 3.63) is 101 Å². The highest BCUT2D eigenvalue weighted by molar-refractivity contribution is 8.00. The normalized spacial score (nSPS) is 25.5. The topological polar surface area (TPSA) is 4.93 Å². The molecule has 2 heterocycles. The van der Waals surface area contributed by atoms with Gasteiger partial charge in [-0.15, -0.1) is 11.8 Å². The molecule has 3 aromatic rings. The van der Waals surface area contributed by atoms with Crippen LogP contribution in [0.15, 0.2) is 83.8 Å². The summed E-state index contributed by atoms with van der Waals surface area (Å²) in [6.07, 6.45) is 22.4. The summed E-state index contributed by atoms with van der Waals surface area (Å²) in [5.41, 5.74) is 8.97. The number of hydrogen-bond acceptors (Lipinski definition) is 1. The average Bonchev–Trinajstić information content (AvgIpc) is 3.40. The van der Waals surface area contributed by atoms with Gasteiger partial charge in [-0.05, 0) is 66.5 Å². The molecule has 1 aliphatic heterocycles. The fourth-order valence-electron chi connectivity index (χ4n) is 6.21. The molecule has 2 heteroatoms. The number of nitrogens with zero attached hydrogens (tertiary/aromatic N) is 1. The van der Waals surface area contributed by atoms with E-state index in [1.54, 1.807) is 15.8 Å². The van der Waals surface area contributed by atoms with E-state index in [4.69, 9.17) is 0 Å². The largest absolute Gasteiger partial charge is 0.337 e. The molecule has 3 aliphatic carbocycles. The van der Waals surface area contributed by atoms with Crippen molar-refractivity contribution >= 4 is 34.3 Å². The number of thioether (sulfide) groups is 1. The molecule has 3 unspecified atom stereocenters. The van der Waals surface area contributed by atoms with Crippen LogP contribution in [-0.2, 0) is 6.42 Å². The van der Waals surface area contributed by atoms with Crippen molar-refractivity contribution in [2.24, 2.45) is 0 Å². The molecule has 32 heavy (non-hydrogen) atoms. The Kier molecular flexibility index (Phi) is 4.36. The molecule has 3 atom stereocenters. The van der Waals surface area contributed by atoms with Crippen LogP contribution in [0, 0.1) is 0 Å². The molecule has 1 nitrogen and oxygen atoms in total. The number of hydrogen-bond donors (Lipinski definition) is 0. The Bertz CT molecular complexity index is 1330. The first-order chi connectivity index (χ1) is 15.9. The number of aromatic nitrogens is 1. The van der Waals surface area contributed by atoms with Crippen LogP contribution in [0.2, 0.25) is 0 Å². The van der Waals surface area contributed by atoms with Crippen molar-refractivity contribution in [3.63, 3.8) is 0 Å². The number of fused-ring (bicyclic) bond motifs is 7. The second kappa shape index (κ2) is 7.42. The standard InChI is InChI=1S/C30H27NS/c1-2-8-20(9-3-1)21-14-16-22(17-15-21)31-26-12-6-4-11-25(26)29-27(31)19-18-24-23-10-5-7-13-28(23)32-30(24)29/h1-3,5-10,12-14,18-19,22-23,28H,4,11,15-17H2. The van der Waals surface area contributed by atoms with E-state index in [2.05, 4.69) is 101 Å². The average molecular weight is 434 g/mol. The Morgan fingerprint density at radius 2 is 1.84 bits per heavy atom. The van der Waals surface area contributed by atoms with Gasteiger partial charge in [0.2, 0.25) is 0 Å². The van der Waals surface area contributed by atoms with E-state index in [1.807, 2.05) is 0 Å². The summed E-state index contributed by atoms with van der Waals surface area (Å²) in [5, 5.41) is 2.12. The second-order valence-electron chi connectivity index (χ2n) is 9.45. The van der Waals surface area contributed by atoms with Gasteiger partial charge in [-0.2, -0.15) is 0 Å². The van der Waals surface area contributed by atoms with Gasteiger partial charge >= 0.3 is 0 Å². The molecule has 0 saturated carbocycles. The zero-order valence-electron chi connectivity index (χ0n) is 18.2. The van der Waals surface area contributed by atoms with Crippen LogP contribution in [0.1, 0.15) is 60.0 Å². The minimum atomic E-state index is 0.536. The molecule has 0 radical (unpaired) electrons. The van der Waals surface area contributed by atoms with Crippen LogP contribution in [0.3, 0.4) is 0 Å². The Labute approximate surface area is 194 Å². The second-order valence-corrected chi connectivity index (χ2v) is 10.6. The summed E-state index contributed by atoms with van der Waals surface area (Å²) in [4.78, 5) is 1.55. The lowest BCUT2D eigenvalue weighted by atomic mass is 9.90. The maximum Gasteiger partial charge on any atom is 0.0502 e. The summed E-state index contributed by atoms with van der Waals surface area (Å²) in [5.74, 6) is 0.536. The molecule has 0 amide bonds. The van der Waals surface area contributed by atoms with Crippen LogP contribution in [0.4, 0.5) is 0 Å². The van der Waals surface area contributed by atoms with Crippen molar-refractivity contribution in [2.45, 2.75) is 54.2 Å². The van der Waals surface area contributed by atoms with E-state index in [0.29, 0.717) is 17.2 Å². The lowest BCUT2D eigenvalue weighted by molar-refractivity contribution is 0.475. The first-order valence-electron chi connectivity index (χ1n) is 12.0. The van der Waals surface area contributed by atoms with Crippen LogP contribution in [0.25, 0.3) is 22.6 Å². The van der Waals surface area contributed by atoms with Gasteiger partial charge in [0.25, 0.3) is 0 Å². The molecule has 4 aliphatic rings. The van der Waals surface area contributed by atoms with Gasteiger partial charge in [-0.25, -0.2) is 0 Å². The summed E-state index contributed by atoms with van der Waals surface area (Å²) in [6.45, 7) is 0. The Morgan fingerprint density at radius 1 is 0.938 bits per heavy atom. The molecule has 0 spiro atoms. The minimum Gasteiger partial charge on any atom is -0.337 e. The first-order valence-corrected chi connectivity index (χ1v) is 12.9. The fraction of sp³-hybridized carbons (Fsp3) is 0.267. The minimum absolute atomic E-state index is 0.536. The SMILES string of the molecule is C1=CC2Sc3c(ccc4c3c3c(n4C4CC=C(c5ccccc5)CC4)C=CCC3)C2C=C1. The molecule has 0 N–H and O–H groups in total. The third-order valence-electron chi connectivity index (χ3n) is 7.72. The lowest BCUT2D eigenvalue weighted by Crippen LogP contribution is -2.14. The molecule has 0 fully saturated rings. The van der Waals surface area contributed by atoms with E-state index in [0.717, 1.165) is 19.3 Å². The molecule has 2 aromatic carbocycles. The van der Waals surface area contributed by atoms with Gasteiger partial charge < -0.3 is 4.57 Å². The van der Waals surface area contributed by atoms with E-state index in [9.17, 15) is 0 Å². The van der Waals surface area contributed by atoms with Crippen molar-refractivity contribution < 1.29 is 0 Å². The highest BCUT2D eigenvalue weighted by Gasteiger charge is 2.35. The summed E-state index contributed by atoms with van der Waals surface area (Å²) < 4.78 is 2.70. The van der Waals surface area contributed by atoms with E-state index in [-0.39, 0.29) is 0 Å². The predicted octanol–water partition coefficient (Wildman–Crippen LogP) is 8.09. The highest BCUT2D eigenvalue weighted by atomic mass is 32.2. The van der Waals surface area contributed by atoms with Crippen LogP contribution in [0.5, 0.6) is 0 Å². The monoisotopic (exact) mass is 433 g/mol. The van der Waals surface area contributed by atoms with Gasteiger partial charge in [-0.1, -0.05) is 72.9 Å². The third kappa shape index (κ3) is 2.79. The van der Waals surface area contributed by atoms with Crippen molar-refractivity contribution in [1.29, 1.82) is 0 Å². The number of rotatable bonds is 2. The van der Waals surface area contributed by atoms with E-state index < -0.39 is 0 Å². The summed E-state index contributed by atoms with van der Waals surface area (Å²) in [6, 6.07) is 16.3. The van der Waals surface area contributed by atoms with E-state index in [1.165, 1.54) is 40.8 Å². The molecule has 1 aromatic heterocycles. The van der Waals surface area contributed by atoms with Crippen LogP contribution in [-0.4, -0.2) is 9.82 Å². The highest BCUT2D eigenvalue weighted by Crippen LogP contribution is 2.53. The van der Waals surface area contributed by atoms with Crippen molar-refractivity contribution in [2.75, 3.05) is 0 Å². The van der Waals surface area contributed by atoms with Gasteiger partial charge in [0.15, 0.2) is 0 Å². The van der Waals surface area contributed by atoms with E-state index >= 15 is 0 Å². The quantitative estimate of drug-likeness (QED) is 0.395. The van der Waals surface area contributed by atoms with Gasteiger partial charge in [-0.3, -0.25) is 0 Å². The lowest BCUT2D eigenvalue weighted by Gasteiger charge is -2.26. The van der Waals surface area contributed by atoms with Crippen LogP contribution < -0.4 is 0 Å². The molecule has 0 saturated heterocycles. The number of allylic oxidation sites excluding steroid dienone is 6. The van der Waals surface area contributed by atoms with Crippen molar-refractivity contribution in [1.82, 2.24) is 4.57 Å². The molecule has 158 valence electrons. The molecular formula is C30H27NS. The summed E-state index contributed by atoms with van der Waals surface area (Å²) in [7, 11) is 0. The third-order valence-corrected chi connectivity index (χ3v) is 9.12.